The van der Waals surface area contributed by atoms with Crippen LogP contribution in [-0.4, -0.2) is 42.1 Å². The van der Waals surface area contributed by atoms with E-state index in [1.807, 2.05) is 33.4 Å². The minimum atomic E-state index is -1.53. The van der Waals surface area contributed by atoms with Gasteiger partial charge in [0, 0.05) is 25.5 Å². The highest BCUT2D eigenvalue weighted by molar-refractivity contribution is 6.66. The van der Waals surface area contributed by atoms with Crippen molar-refractivity contribution in [3.8, 4) is 0 Å². The molecule has 0 aliphatic rings. The maximum atomic E-state index is 11.7. The molecule has 0 amide bonds. The Kier molecular flexibility index (Phi) is 9.55. The van der Waals surface area contributed by atoms with Crippen LogP contribution in [0.25, 0.3) is 22.3 Å². The van der Waals surface area contributed by atoms with E-state index in [0.717, 1.165) is 48.3 Å². The van der Waals surface area contributed by atoms with E-state index in [4.69, 9.17) is 39.5 Å². The molecule has 0 radical (unpaired) electrons. The van der Waals surface area contributed by atoms with E-state index in [-0.39, 0.29) is 0 Å². The van der Waals surface area contributed by atoms with Crippen molar-refractivity contribution < 1.29 is 9.53 Å². The molecule has 4 aromatic heterocycles. The molecule has 4 heterocycles. The number of nitrogens with zero attached hydrogens (tertiary/aromatic N) is 6. The normalized spacial score (nSPS) is 11.8. The van der Waals surface area contributed by atoms with Crippen molar-refractivity contribution >= 4 is 63.1 Å². The predicted octanol–water partition coefficient (Wildman–Crippen LogP) is 6.57. The molecule has 0 bridgehead atoms. The largest absolute Gasteiger partial charge is 0.463 e. The zero-order chi connectivity index (χ0) is 26.5. The number of hydrogen-bond donors (Lipinski definition) is 0. The number of imidazole rings is 2. The number of hydrogen-bond acceptors (Lipinski definition) is 6. The number of pyridine rings is 2. The first-order valence-corrected chi connectivity index (χ1v) is 12.9. The Labute approximate surface area is 226 Å². The highest BCUT2D eigenvalue weighted by Crippen LogP contribution is 2.38. The molecule has 0 saturated carbocycles. The lowest BCUT2D eigenvalue weighted by Crippen LogP contribution is -2.13. The van der Waals surface area contributed by atoms with Crippen LogP contribution in [0.2, 0.25) is 0 Å². The monoisotopic (exact) mass is 552 g/mol. The Morgan fingerprint density at radius 2 is 1.39 bits per heavy atom. The fourth-order valence-corrected chi connectivity index (χ4v) is 4.01. The standard InChI is InChI=1S/C13H17N3O2.C12H14Cl3N3/c1-9(2)6-8-16-11-10(5-4-7-14-11)15-12(16)13(17)18-3;1-8(2)5-7-18-10-9(4-3-6-16-10)17-11(18)12(13,14)15/h4-5,7,9H,6,8H2,1-3H3;3-4,6,8H,5,7H2,1-2H3. The molecule has 0 aliphatic heterocycles. The average molecular weight is 554 g/mol. The molecule has 0 atom stereocenters. The second-order valence-corrected chi connectivity index (χ2v) is 11.5. The lowest BCUT2D eigenvalue weighted by atomic mass is 10.1. The van der Waals surface area contributed by atoms with Crippen LogP contribution in [0, 0.1) is 11.8 Å². The lowest BCUT2D eigenvalue weighted by molar-refractivity contribution is 0.0581. The molecule has 36 heavy (non-hydrogen) atoms. The van der Waals surface area contributed by atoms with Crippen LogP contribution in [0.3, 0.4) is 0 Å². The Morgan fingerprint density at radius 3 is 1.89 bits per heavy atom. The van der Waals surface area contributed by atoms with Gasteiger partial charge in [0.1, 0.15) is 11.0 Å². The van der Waals surface area contributed by atoms with Gasteiger partial charge in [0.15, 0.2) is 17.1 Å². The van der Waals surface area contributed by atoms with E-state index >= 15 is 0 Å². The number of carbonyl (C=O) groups excluding carboxylic acids is 1. The van der Waals surface area contributed by atoms with Gasteiger partial charge >= 0.3 is 5.97 Å². The van der Waals surface area contributed by atoms with Crippen LogP contribution in [0.5, 0.6) is 0 Å². The third-order valence-corrected chi connectivity index (χ3v) is 6.00. The zero-order valence-electron chi connectivity index (χ0n) is 21.1. The number of carbonyl (C=O) groups is 1. The number of halogens is 3. The first-order valence-electron chi connectivity index (χ1n) is 11.8. The Hall–Kier alpha value is -2.42. The van der Waals surface area contributed by atoms with Gasteiger partial charge in [-0.2, -0.15) is 0 Å². The number of esters is 1. The van der Waals surface area contributed by atoms with Crippen LogP contribution in [0.4, 0.5) is 0 Å². The molecule has 194 valence electrons. The van der Waals surface area contributed by atoms with E-state index < -0.39 is 9.76 Å². The van der Waals surface area contributed by atoms with Crippen LogP contribution in [0.15, 0.2) is 36.7 Å². The Morgan fingerprint density at radius 1 is 0.889 bits per heavy atom. The second kappa shape index (κ2) is 12.2. The summed E-state index contributed by atoms with van der Waals surface area (Å²) in [5.41, 5.74) is 2.97. The molecule has 0 aliphatic carbocycles. The number of methoxy groups -OCH3 is 1. The van der Waals surface area contributed by atoms with Gasteiger partial charge in [-0.1, -0.05) is 62.5 Å². The van der Waals surface area contributed by atoms with Gasteiger partial charge in [-0.05, 0) is 48.9 Å². The summed E-state index contributed by atoms with van der Waals surface area (Å²) in [6.07, 6.45) is 5.37. The fourth-order valence-electron chi connectivity index (χ4n) is 3.58. The first kappa shape index (κ1) is 28.2. The minimum Gasteiger partial charge on any atom is -0.463 e. The topological polar surface area (TPSA) is 87.7 Å². The smallest absolute Gasteiger partial charge is 0.374 e. The van der Waals surface area contributed by atoms with Gasteiger partial charge in [0.25, 0.3) is 0 Å². The average Bonchev–Trinajstić information content (AvgIpc) is 3.40. The number of alkyl halides is 3. The number of ether oxygens (including phenoxy) is 1. The summed E-state index contributed by atoms with van der Waals surface area (Å²) in [4.78, 5) is 29.0. The van der Waals surface area contributed by atoms with E-state index in [0.29, 0.717) is 23.5 Å². The number of aromatic nitrogens is 6. The van der Waals surface area contributed by atoms with Gasteiger partial charge in [-0.25, -0.2) is 24.7 Å². The molecule has 0 saturated heterocycles. The molecule has 0 fully saturated rings. The summed E-state index contributed by atoms with van der Waals surface area (Å²) in [6.45, 7) is 10.1. The van der Waals surface area contributed by atoms with Crippen LogP contribution in [0.1, 0.15) is 57.0 Å². The third kappa shape index (κ3) is 6.87. The molecule has 4 rings (SSSR count). The van der Waals surface area contributed by atoms with Gasteiger partial charge in [0.2, 0.25) is 9.62 Å². The molecule has 0 spiro atoms. The van der Waals surface area contributed by atoms with Crippen LogP contribution < -0.4 is 0 Å². The molecule has 0 aromatic carbocycles. The number of fused-ring (bicyclic) bond motifs is 2. The van der Waals surface area contributed by atoms with Crippen molar-refractivity contribution in [1.29, 1.82) is 0 Å². The molecule has 0 unspecified atom stereocenters. The highest BCUT2D eigenvalue weighted by Gasteiger charge is 2.30. The first-order chi connectivity index (χ1) is 17.0. The predicted molar refractivity (Wildman–Crippen MR) is 145 cm³/mol. The summed E-state index contributed by atoms with van der Waals surface area (Å²) >= 11 is 17.9. The molecular weight excluding hydrogens is 523 g/mol. The molecular formula is C25H31Cl3N6O2. The second-order valence-electron chi connectivity index (χ2n) is 9.22. The van der Waals surface area contributed by atoms with Crippen molar-refractivity contribution in [2.45, 2.75) is 57.4 Å². The number of rotatable bonds is 7. The summed E-state index contributed by atoms with van der Waals surface area (Å²) in [5.74, 6) is 1.46. The number of aryl methyl sites for hydroxylation is 2. The van der Waals surface area contributed by atoms with Gasteiger partial charge in [-0.15, -0.1) is 0 Å². The van der Waals surface area contributed by atoms with Crippen molar-refractivity contribution in [2.24, 2.45) is 11.8 Å². The van der Waals surface area contributed by atoms with E-state index in [1.54, 1.807) is 12.4 Å². The van der Waals surface area contributed by atoms with Gasteiger partial charge in [0.05, 0.1) is 7.11 Å². The van der Waals surface area contributed by atoms with Crippen LogP contribution >= 0.6 is 34.8 Å². The summed E-state index contributed by atoms with van der Waals surface area (Å²) in [6, 6.07) is 7.35. The maximum absolute atomic E-state index is 11.7. The van der Waals surface area contributed by atoms with Crippen molar-refractivity contribution in [1.82, 2.24) is 29.1 Å². The Balaban J connectivity index is 0.000000201. The SMILES string of the molecule is CC(C)CCn1c(C(Cl)(Cl)Cl)nc2cccnc21.COC(=O)c1nc2cccnc2n1CCC(C)C. The maximum Gasteiger partial charge on any atom is 0.374 e. The van der Waals surface area contributed by atoms with E-state index in [1.165, 1.54) is 7.11 Å². The van der Waals surface area contributed by atoms with Crippen molar-refractivity contribution in [3.63, 3.8) is 0 Å². The van der Waals surface area contributed by atoms with E-state index in [2.05, 4.69) is 47.6 Å². The van der Waals surface area contributed by atoms with Gasteiger partial charge < -0.3 is 13.9 Å². The van der Waals surface area contributed by atoms with Crippen molar-refractivity contribution in [2.75, 3.05) is 7.11 Å². The van der Waals surface area contributed by atoms with Crippen LogP contribution in [-0.2, 0) is 21.6 Å². The highest BCUT2D eigenvalue weighted by atomic mass is 35.6. The molecule has 8 nitrogen and oxygen atoms in total. The Bertz CT molecular complexity index is 1310. The van der Waals surface area contributed by atoms with Crippen molar-refractivity contribution in [3.05, 3.63) is 48.3 Å². The fraction of sp³-hybridized carbons (Fsp3) is 0.480. The molecule has 4 aromatic rings. The van der Waals surface area contributed by atoms with E-state index in [9.17, 15) is 4.79 Å². The molecule has 0 N–H and O–H groups in total. The van der Waals surface area contributed by atoms with Gasteiger partial charge in [-0.3, -0.25) is 0 Å². The third-order valence-electron chi connectivity index (χ3n) is 5.49. The summed E-state index contributed by atoms with van der Waals surface area (Å²) < 4.78 is 6.96. The molecule has 11 heteroatoms. The summed E-state index contributed by atoms with van der Waals surface area (Å²) in [5, 5.41) is 0. The lowest BCUT2D eigenvalue weighted by Gasteiger charge is -2.14. The quantitative estimate of drug-likeness (QED) is 0.190. The zero-order valence-corrected chi connectivity index (χ0v) is 23.3. The minimum absolute atomic E-state index is 0.326. The summed E-state index contributed by atoms with van der Waals surface area (Å²) in [7, 11) is 1.36.